The van der Waals surface area contributed by atoms with Gasteiger partial charge in [0.05, 0.1) is 24.4 Å². The molecule has 0 aliphatic carbocycles. The predicted octanol–water partition coefficient (Wildman–Crippen LogP) is 2.56. The molecule has 1 heterocycles. The third-order valence-electron chi connectivity index (χ3n) is 3.08. The maximum atomic E-state index is 11.3. The summed E-state index contributed by atoms with van der Waals surface area (Å²) in [5.41, 5.74) is 0.794. The van der Waals surface area contributed by atoms with E-state index in [4.69, 9.17) is 9.47 Å². The lowest BCUT2D eigenvalue weighted by molar-refractivity contribution is 0.404. The Labute approximate surface area is 133 Å². The number of benzene rings is 1. The lowest BCUT2D eigenvalue weighted by atomic mass is 10.1. The molecule has 7 nitrogen and oxygen atoms in total. The van der Waals surface area contributed by atoms with Crippen molar-refractivity contribution in [2.24, 2.45) is 0 Å². The number of nitriles is 1. The normalized spacial score (nSPS) is 10.9. The highest BCUT2D eigenvalue weighted by molar-refractivity contribution is 7.85. The third kappa shape index (κ3) is 3.77. The topological polar surface area (TPSA) is 110 Å². The van der Waals surface area contributed by atoms with Crippen molar-refractivity contribution in [1.29, 1.82) is 5.26 Å². The molecule has 0 amide bonds. The van der Waals surface area contributed by atoms with Crippen LogP contribution in [0, 0.1) is 11.3 Å². The van der Waals surface area contributed by atoms with Crippen LogP contribution in [0.4, 0.5) is 0 Å². The van der Waals surface area contributed by atoms with E-state index in [0.717, 1.165) is 0 Å². The van der Waals surface area contributed by atoms with E-state index in [1.54, 1.807) is 6.07 Å². The molecular formula is C15H14N2O5S. The summed E-state index contributed by atoms with van der Waals surface area (Å²) in [5, 5.41) is 9.22. The van der Waals surface area contributed by atoms with E-state index in [1.165, 1.54) is 31.6 Å². The number of nitrogens with zero attached hydrogens (tertiary/aromatic N) is 2. The molecule has 0 bridgehead atoms. The number of pyridine rings is 1. The molecule has 1 aromatic heterocycles. The second-order valence-corrected chi connectivity index (χ2v) is 5.99. The first-order chi connectivity index (χ1) is 10.9. The standard InChI is InChI=1S/C15H14N2O5S/c1-3-10-4-11(6-12(5-10)23(18,19)20)22-15-9-17-8-14(21-2)13(15)7-16/h4-6,8-9H,3H2,1-2H3,(H,18,19,20). The number of methoxy groups -OCH3 is 1. The maximum Gasteiger partial charge on any atom is 0.294 e. The van der Waals surface area contributed by atoms with Gasteiger partial charge >= 0.3 is 0 Å². The molecule has 0 saturated carbocycles. The molecule has 1 aromatic carbocycles. The minimum atomic E-state index is -4.36. The summed E-state index contributed by atoms with van der Waals surface area (Å²) < 4.78 is 42.5. The van der Waals surface area contributed by atoms with Gasteiger partial charge in [0.1, 0.15) is 17.4 Å². The highest BCUT2D eigenvalue weighted by Crippen LogP contribution is 2.31. The largest absolute Gasteiger partial charge is 0.494 e. The van der Waals surface area contributed by atoms with Crippen LogP contribution in [0.5, 0.6) is 17.2 Å². The first-order valence-electron chi connectivity index (χ1n) is 6.60. The average molecular weight is 334 g/mol. The minimum absolute atomic E-state index is 0.126. The molecule has 0 fully saturated rings. The van der Waals surface area contributed by atoms with Crippen molar-refractivity contribution in [3.05, 3.63) is 41.7 Å². The summed E-state index contributed by atoms with van der Waals surface area (Å²) in [7, 11) is -2.97. The van der Waals surface area contributed by atoms with Crippen molar-refractivity contribution in [2.75, 3.05) is 7.11 Å². The van der Waals surface area contributed by atoms with Crippen LogP contribution in [0.25, 0.3) is 0 Å². The first kappa shape index (κ1) is 16.7. The number of hydrogen-bond donors (Lipinski definition) is 1. The summed E-state index contributed by atoms with van der Waals surface area (Å²) in [6.45, 7) is 1.83. The van der Waals surface area contributed by atoms with Gasteiger partial charge in [0.25, 0.3) is 10.1 Å². The number of aromatic nitrogens is 1. The van der Waals surface area contributed by atoms with E-state index in [2.05, 4.69) is 4.98 Å². The SMILES string of the molecule is CCc1cc(Oc2cncc(OC)c2C#N)cc(S(=O)(=O)O)c1. The van der Waals surface area contributed by atoms with Crippen molar-refractivity contribution in [3.8, 4) is 23.3 Å². The van der Waals surface area contributed by atoms with Gasteiger partial charge in [0, 0.05) is 6.07 Å². The second kappa shape index (κ2) is 6.64. The van der Waals surface area contributed by atoms with Crippen molar-refractivity contribution in [1.82, 2.24) is 4.98 Å². The zero-order valence-electron chi connectivity index (χ0n) is 12.5. The van der Waals surface area contributed by atoms with Gasteiger partial charge in [-0.2, -0.15) is 13.7 Å². The summed E-state index contributed by atoms with van der Waals surface area (Å²) in [5.74, 6) is 0.538. The predicted molar refractivity (Wildman–Crippen MR) is 81.2 cm³/mol. The Hall–Kier alpha value is -2.63. The Morgan fingerprint density at radius 1 is 1.26 bits per heavy atom. The molecule has 0 radical (unpaired) electrons. The van der Waals surface area contributed by atoms with Crippen molar-refractivity contribution in [2.45, 2.75) is 18.2 Å². The Morgan fingerprint density at radius 2 is 1.96 bits per heavy atom. The highest BCUT2D eigenvalue weighted by Gasteiger charge is 2.15. The van der Waals surface area contributed by atoms with Crippen LogP contribution in [0.3, 0.4) is 0 Å². The van der Waals surface area contributed by atoms with Gasteiger partial charge in [-0.3, -0.25) is 9.54 Å². The van der Waals surface area contributed by atoms with Gasteiger partial charge in [-0.1, -0.05) is 6.92 Å². The fourth-order valence-electron chi connectivity index (χ4n) is 1.94. The van der Waals surface area contributed by atoms with Crippen LogP contribution < -0.4 is 9.47 Å². The Balaban J connectivity index is 2.51. The van der Waals surface area contributed by atoms with Crippen LogP contribution in [0.1, 0.15) is 18.1 Å². The van der Waals surface area contributed by atoms with Crippen LogP contribution >= 0.6 is 0 Å². The van der Waals surface area contributed by atoms with E-state index >= 15 is 0 Å². The monoisotopic (exact) mass is 334 g/mol. The van der Waals surface area contributed by atoms with Crippen molar-refractivity contribution < 1.29 is 22.4 Å². The minimum Gasteiger partial charge on any atom is -0.494 e. The molecule has 0 unspecified atom stereocenters. The van der Waals surface area contributed by atoms with Crippen LogP contribution in [-0.2, 0) is 16.5 Å². The smallest absolute Gasteiger partial charge is 0.294 e. The molecule has 1 N–H and O–H groups in total. The molecule has 0 atom stereocenters. The molecule has 23 heavy (non-hydrogen) atoms. The van der Waals surface area contributed by atoms with E-state index in [-0.39, 0.29) is 27.7 Å². The maximum absolute atomic E-state index is 11.3. The second-order valence-electron chi connectivity index (χ2n) is 4.57. The molecule has 0 saturated heterocycles. The number of ether oxygens (including phenoxy) is 2. The van der Waals surface area contributed by atoms with Crippen molar-refractivity contribution >= 4 is 10.1 Å². The van der Waals surface area contributed by atoms with E-state index in [0.29, 0.717) is 12.0 Å². The number of rotatable bonds is 5. The van der Waals surface area contributed by atoms with Gasteiger partial charge in [0.2, 0.25) is 0 Å². The summed E-state index contributed by atoms with van der Waals surface area (Å²) in [6.07, 6.45) is 3.24. The summed E-state index contributed by atoms with van der Waals surface area (Å²) >= 11 is 0. The van der Waals surface area contributed by atoms with E-state index < -0.39 is 10.1 Å². The van der Waals surface area contributed by atoms with E-state index in [1.807, 2.05) is 13.0 Å². The van der Waals surface area contributed by atoms with Crippen molar-refractivity contribution in [3.63, 3.8) is 0 Å². The lowest BCUT2D eigenvalue weighted by Crippen LogP contribution is -2.01. The Bertz CT molecular complexity index is 872. The van der Waals surface area contributed by atoms with Gasteiger partial charge < -0.3 is 9.47 Å². The summed E-state index contributed by atoms with van der Waals surface area (Å²) in [4.78, 5) is 3.63. The van der Waals surface area contributed by atoms with Gasteiger partial charge in [-0.15, -0.1) is 0 Å². The highest BCUT2D eigenvalue weighted by atomic mass is 32.2. The van der Waals surface area contributed by atoms with Gasteiger partial charge in [-0.05, 0) is 24.1 Å². The molecular weight excluding hydrogens is 320 g/mol. The number of hydrogen-bond acceptors (Lipinski definition) is 6. The van der Waals surface area contributed by atoms with Crippen LogP contribution in [0.2, 0.25) is 0 Å². The third-order valence-corrected chi connectivity index (χ3v) is 3.91. The molecule has 0 aliphatic heterocycles. The Morgan fingerprint density at radius 3 is 2.52 bits per heavy atom. The number of aryl methyl sites for hydroxylation is 1. The molecule has 2 aromatic rings. The molecule has 0 spiro atoms. The van der Waals surface area contributed by atoms with Crippen LogP contribution in [-0.4, -0.2) is 25.1 Å². The lowest BCUT2D eigenvalue weighted by Gasteiger charge is -2.11. The molecule has 2 rings (SSSR count). The zero-order chi connectivity index (χ0) is 17.0. The first-order valence-corrected chi connectivity index (χ1v) is 8.04. The fourth-order valence-corrected chi connectivity index (χ4v) is 2.50. The zero-order valence-corrected chi connectivity index (χ0v) is 13.3. The average Bonchev–Trinajstić information content (AvgIpc) is 2.53. The van der Waals surface area contributed by atoms with E-state index in [9.17, 15) is 18.2 Å². The fraction of sp³-hybridized carbons (Fsp3) is 0.200. The van der Waals surface area contributed by atoms with Gasteiger partial charge in [-0.25, -0.2) is 0 Å². The Kier molecular flexibility index (Phi) is 4.83. The quantitative estimate of drug-likeness (QED) is 0.837. The van der Waals surface area contributed by atoms with Gasteiger partial charge in [0.15, 0.2) is 11.5 Å². The molecule has 0 aliphatic rings. The summed E-state index contributed by atoms with van der Waals surface area (Å²) in [6, 6.07) is 6.11. The molecule has 8 heteroatoms. The van der Waals surface area contributed by atoms with Crippen LogP contribution in [0.15, 0.2) is 35.5 Å². The molecule has 120 valence electrons.